The Morgan fingerprint density at radius 3 is 2.87 bits per heavy atom. The van der Waals surface area contributed by atoms with Gasteiger partial charge in [-0.15, -0.1) is 0 Å². The predicted octanol–water partition coefficient (Wildman–Crippen LogP) is 1.78. The second-order valence-electron chi connectivity index (χ2n) is 2.89. The van der Waals surface area contributed by atoms with Gasteiger partial charge in [-0.25, -0.2) is 4.79 Å². The summed E-state index contributed by atoms with van der Waals surface area (Å²) in [6.45, 7) is 0.139. The molecule has 1 rings (SSSR count). The standard InChI is InChI=1S/C10H13NO4/c1-11(10(12)13)8-4-3-5-9(6-8)15-7-14-2/h3-6H,7H2,1-2H3,(H,12,13). The van der Waals surface area contributed by atoms with Crippen LogP contribution in [0.15, 0.2) is 24.3 Å². The fraction of sp³-hybridized carbons (Fsp3) is 0.300. The van der Waals surface area contributed by atoms with Crippen molar-refractivity contribution in [3.63, 3.8) is 0 Å². The lowest BCUT2D eigenvalue weighted by atomic mass is 10.3. The van der Waals surface area contributed by atoms with Crippen molar-refractivity contribution in [1.29, 1.82) is 0 Å². The van der Waals surface area contributed by atoms with Gasteiger partial charge in [0.25, 0.3) is 0 Å². The van der Waals surface area contributed by atoms with E-state index in [4.69, 9.17) is 14.6 Å². The van der Waals surface area contributed by atoms with E-state index in [1.54, 1.807) is 24.3 Å². The Kier molecular flexibility index (Phi) is 3.93. The van der Waals surface area contributed by atoms with E-state index in [9.17, 15) is 4.79 Å². The molecule has 0 radical (unpaired) electrons. The lowest BCUT2D eigenvalue weighted by molar-refractivity contribution is 0.0511. The Bertz CT molecular complexity index is 340. The fourth-order valence-electron chi connectivity index (χ4n) is 1.02. The molecule has 1 aromatic carbocycles. The minimum Gasteiger partial charge on any atom is -0.467 e. The van der Waals surface area contributed by atoms with E-state index in [2.05, 4.69) is 0 Å². The second-order valence-corrected chi connectivity index (χ2v) is 2.89. The summed E-state index contributed by atoms with van der Waals surface area (Å²) >= 11 is 0. The van der Waals surface area contributed by atoms with Gasteiger partial charge in [0.1, 0.15) is 5.75 Å². The molecule has 0 atom stereocenters. The molecule has 1 amide bonds. The molecular formula is C10H13NO4. The van der Waals surface area contributed by atoms with Crippen LogP contribution < -0.4 is 9.64 Å². The van der Waals surface area contributed by atoms with E-state index in [0.29, 0.717) is 11.4 Å². The maximum Gasteiger partial charge on any atom is 0.411 e. The first-order valence-corrected chi connectivity index (χ1v) is 4.33. The highest BCUT2D eigenvalue weighted by atomic mass is 16.7. The Hall–Kier alpha value is -1.75. The SMILES string of the molecule is COCOc1cccc(N(C)C(=O)O)c1. The lowest BCUT2D eigenvalue weighted by Crippen LogP contribution is -2.23. The van der Waals surface area contributed by atoms with E-state index in [-0.39, 0.29) is 6.79 Å². The summed E-state index contributed by atoms with van der Waals surface area (Å²) < 4.78 is 9.93. The summed E-state index contributed by atoms with van der Waals surface area (Å²) in [4.78, 5) is 11.8. The molecule has 0 fully saturated rings. The monoisotopic (exact) mass is 211 g/mol. The number of carbonyl (C=O) groups is 1. The summed E-state index contributed by atoms with van der Waals surface area (Å²) in [5.74, 6) is 0.572. The van der Waals surface area contributed by atoms with Crippen LogP contribution in [-0.4, -0.2) is 32.2 Å². The number of methoxy groups -OCH3 is 1. The van der Waals surface area contributed by atoms with Crippen LogP contribution in [0.4, 0.5) is 10.5 Å². The van der Waals surface area contributed by atoms with Gasteiger partial charge in [0, 0.05) is 20.2 Å². The molecule has 5 nitrogen and oxygen atoms in total. The average Bonchev–Trinajstić information content (AvgIpc) is 2.25. The van der Waals surface area contributed by atoms with Crippen molar-refractivity contribution in [2.75, 3.05) is 25.9 Å². The third-order valence-electron chi connectivity index (χ3n) is 1.84. The molecule has 0 aliphatic heterocycles. The second kappa shape index (κ2) is 5.21. The molecule has 0 aliphatic rings. The van der Waals surface area contributed by atoms with Crippen molar-refractivity contribution >= 4 is 11.8 Å². The van der Waals surface area contributed by atoms with Gasteiger partial charge in [-0.3, -0.25) is 4.90 Å². The molecule has 1 aromatic rings. The highest BCUT2D eigenvalue weighted by Gasteiger charge is 2.08. The number of amides is 1. The molecule has 0 saturated carbocycles. The Balaban J connectivity index is 2.77. The number of rotatable bonds is 4. The highest BCUT2D eigenvalue weighted by molar-refractivity contribution is 5.85. The number of anilines is 1. The number of ether oxygens (including phenoxy) is 2. The Morgan fingerprint density at radius 1 is 1.53 bits per heavy atom. The predicted molar refractivity (Wildman–Crippen MR) is 55.4 cm³/mol. The first kappa shape index (κ1) is 11.3. The fourth-order valence-corrected chi connectivity index (χ4v) is 1.02. The van der Waals surface area contributed by atoms with Crippen LogP contribution in [0.25, 0.3) is 0 Å². The molecule has 82 valence electrons. The van der Waals surface area contributed by atoms with Crippen LogP contribution in [0.3, 0.4) is 0 Å². The maximum absolute atomic E-state index is 10.7. The average molecular weight is 211 g/mol. The zero-order valence-corrected chi connectivity index (χ0v) is 8.64. The largest absolute Gasteiger partial charge is 0.467 e. The van der Waals surface area contributed by atoms with Crippen molar-refractivity contribution < 1.29 is 19.4 Å². The van der Waals surface area contributed by atoms with E-state index >= 15 is 0 Å². The zero-order valence-electron chi connectivity index (χ0n) is 8.64. The van der Waals surface area contributed by atoms with Crippen molar-refractivity contribution in [1.82, 2.24) is 0 Å². The number of carboxylic acid groups (broad SMARTS) is 1. The number of hydrogen-bond donors (Lipinski definition) is 1. The third-order valence-corrected chi connectivity index (χ3v) is 1.84. The van der Waals surface area contributed by atoms with Gasteiger partial charge in [0.15, 0.2) is 6.79 Å². The van der Waals surface area contributed by atoms with Crippen molar-refractivity contribution in [2.24, 2.45) is 0 Å². The van der Waals surface area contributed by atoms with Crippen LogP contribution in [-0.2, 0) is 4.74 Å². The van der Waals surface area contributed by atoms with Gasteiger partial charge >= 0.3 is 6.09 Å². The lowest BCUT2D eigenvalue weighted by Gasteiger charge is -2.14. The summed E-state index contributed by atoms with van der Waals surface area (Å²) in [6.07, 6.45) is -1.01. The molecule has 0 spiro atoms. The van der Waals surface area contributed by atoms with Crippen molar-refractivity contribution in [2.45, 2.75) is 0 Å². The molecule has 0 bridgehead atoms. The molecule has 5 heteroatoms. The summed E-state index contributed by atoms with van der Waals surface area (Å²) in [7, 11) is 2.99. The van der Waals surface area contributed by atoms with Crippen LogP contribution in [0, 0.1) is 0 Å². The first-order chi connectivity index (χ1) is 7.15. The molecule has 0 heterocycles. The zero-order chi connectivity index (χ0) is 11.3. The van der Waals surface area contributed by atoms with Crippen LogP contribution in [0.5, 0.6) is 5.75 Å². The summed E-state index contributed by atoms with van der Waals surface area (Å²) in [5, 5.41) is 8.76. The van der Waals surface area contributed by atoms with Gasteiger partial charge in [0.2, 0.25) is 0 Å². The molecule has 0 unspecified atom stereocenters. The van der Waals surface area contributed by atoms with E-state index < -0.39 is 6.09 Å². The highest BCUT2D eigenvalue weighted by Crippen LogP contribution is 2.20. The van der Waals surface area contributed by atoms with Crippen LogP contribution in [0.1, 0.15) is 0 Å². The summed E-state index contributed by atoms with van der Waals surface area (Å²) in [6, 6.07) is 6.78. The van der Waals surface area contributed by atoms with Crippen LogP contribution in [0.2, 0.25) is 0 Å². The van der Waals surface area contributed by atoms with E-state index in [0.717, 1.165) is 4.90 Å². The van der Waals surface area contributed by atoms with Gasteiger partial charge in [-0.1, -0.05) is 6.07 Å². The smallest absolute Gasteiger partial charge is 0.411 e. The molecule has 1 N–H and O–H groups in total. The minimum absolute atomic E-state index is 0.139. The molecular weight excluding hydrogens is 198 g/mol. The molecule has 0 aromatic heterocycles. The number of hydrogen-bond acceptors (Lipinski definition) is 3. The Labute approximate surface area is 87.8 Å². The molecule has 15 heavy (non-hydrogen) atoms. The van der Waals surface area contributed by atoms with Gasteiger partial charge in [0.05, 0.1) is 5.69 Å². The Morgan fingerprint density at radius 2 is 2.27 bits per heavy atom. The first-order valence-electron chi connectivity index (χ1n) is 4.33. The van der Waals surface area contributed by atoms with Gasteiger partial charge < -0.3 is 14.6 Å². The van der Waals surface area contributed by atoms with E-state index in [1.807, 2.05) is 0 Å². The molecule has 0 aliphatic carbocycles. The van der Waals surface area contributed by atoms with Crippen molar-refractivity contribution in [3.8, 4) is 5.75 Å². The van der Waals surface area contributed by atoms with Gasteiger partial charge in [-0.05, 0) is 12.1 Å². The normalized spacial score (nSPS) is 9.73. The quantitative estimate of drug-likeness (QED) is 0.771. The third kappa shape index (κ3) is 3.14. The minimum atomic E-state index is -1.01. The summed E-state index contributed by atoms with van der Waals surface area (Å²) in [5.41, 5.74) is 0.552. The van der Waals surface area contributed by atoms with E-state index in [1.165, 1.54) is 14.2 Å². The molecule has 0 saturated heterocycles. The topological polar surface area (TPSA) is 59.0 Å². The van der Waals surface area contributed by atoms with Gasteiger partial charge in [-0.2, -0.15) is 0 Å². The number of benzene rings is 1. The number of nitrogens with zero attached hydrogens (tertiary/aromatic N) is 1. The van der Waals surface area contributed by atoms with Crippen LogP contribution >= 0.6 is 0 Å². The van der Waals surface area contributed by atoms with Crippen molar-refractivity contribution in [3.05, 3.63) is 24.3 Å². The maximum atomic E-state index is 10.7.